The summed E-state index contributed by atoms with van der Waals surface area (Å²) >= 11 is 0. The van der Waals surface area contributed by atoms with E-state index in [1.165, 1.54) is 5.56 Å². The van der Waals surface area contributed by atoms with Crippen LogP contribution in [-0.4, -0.2) is 19.2 Å². The Kier molecular flexibility index (Phi) is 5.01. The van der Waals surface area contributed by atoms with Crippen LogP contribution in [0.2, 0.25) is 0 Å². The van der Waals surface area contributed by atoms with Crippen LogP contribution < -0.4 is 20.1 Å². The van der Waals surface area contributed by atoms with Gasteiger partial charge in [-0.3, -0.25) is 4.79 Å². The van der Waals surface area contributed by atoms with E-state index >= 15 is 0 Å². The molecule has 0 saturated heterocycles. The predicted octanol–water partition coefficient (Wildman–Crippen LogP) is 2.31. The van der Waals surface area contributed by atoms with Gasteiger partial charge in [0.2, 0.25) is 6.79 Å². The number of amides is 1. The second kappa shape index (κ2) is 7.36. The van der Waals surface area contributed by atoms with Gasteiger partial charge in [0.1, 0.15) is 6.04 Å². The smallest absolute Gasteiger partial charge is 0.279 e. The van der Waals surface area contributed by atoms with Crippen molar-refractivity contribution in [1.29, 1.82) is 0 Å². The van der Waals surface area contributed by atoms with E-state index < -0.39 is 0 Å². The number of quaternary nitrogens is 1. The maximum Gasteiger partial charge on any atom is 0.279 e. The van der Waals surface area contributed by atoms with Gasteiger partial charge >= 0.3 is 0 Å². The lowest BCUT2D eigenvalue weighted by Crippen LogP contribution is -2.88. The Bertz CT molecular complexity index is 701. The number of hydrogen-bond donors (Lipinski definition) is 2. The summed E-state index contributed by atoms with van der Waals surface area (Å²) in [5.41, 5.74) is 1.96. The molecule has 1 amide bonds. The highest BCUT2D eigenvalue weighted by molar-refractivity contribution is 5.91. The van der Waals surface area contributed by atoms with Gasteiger partial charge in [-0.15, -0.1) is 0 Å². The van der Waals surface area contributed by atoms with Crippen LogP contribution in [0.15, 0.2) is 48.5 Å². The minimum absolute atomic E-state index is 0.0320. The van der Waals surface area contributed by atoms with Crippen LogP contribution in [0.5, 0.6) is 11.5 Å². The number of anilines is 1. The highest BCUT2D eigenvalue weighted by Crippen LogP contribution is 2.34. The van der Waals surface area contributed by atoms with Gasteiger partial charge in [-0.05, 0) is 12.1 Å². The fourth-order valence-corrected chi connectivity index (χ4v) is 2.89. The number of hydrogen-bond acceptors (Lipinski definition) is 3. The largest absolute Gasteiger partial charge is 0.454 e. The molecule has 1 aliphatic rings. The normalized spacial score (nSPS) is 13.8. The molecule has 0 unspecified atom stereocenters. The van der Waals surface area contributed by atoms with Crippen LogP contribution in [0.1, 0.15) is 25.5 Å². The third-order valence-corrected chi connectivity index (χ3v) is 4.12. The molecule has 5 heteroatoms. The minimum Gasteiger partial charge on any atom is -0.454 e. The number of nitrogens with one attached hydrogen (secondary N) is 1. The second-order valence-electron chi connectivity index (χ2n) is 6.24. The van der Waals surface area contributed by atoms with Gasteiger partial charge < -0.3 is 20.1 Å². The SMILES string of the molecule is CC(C)[C@H]([NH2+]CC(=O)Nc1ccc2c(c1)OCO2)c1ccccc1. The van der Waals surface area contributed by atoms with Crippen molar-refractivity contribution in [2.24, 2.45) is 5.92 Å². The number of carbonyl (C=O) groups excluding carboxylic acids is 1. The summed E-state index contributed by atoms with van der Waals surface area (Å²) < 4.78 is 10.6. The minimum atomic E-state index is -0.0320. The number of carbonyl (C=O) groups is 1. The average Bonchev–Trinajstić information content (AvgIpc) is 3.03. The lowest BCUT2D eigenvalue weighted by molar-refractivity contribution is -0.692. The zero-order valence-corrected chi connectivity index (χ0v) is 14.0. The maximum absolute atomic E-state index is 12.3. The molecule has 0 bridgehead atoms. The van der Waals surface area contributed by atoms with Crippen molar-refractivity contribution in [1.82, 2.24) is 0 Å². The molecule has 5 nitrogen and oxygen atoms in total. The van der Waals surface area contributed by atoms with Crippen molar-refractivity contribution in [3.05, 3.63) is 54.1 Å². The number of fused-ring (bicyclic) bond motifs is 1. The molecule has 24 heavy (non-hydrogen) atoms. The third kappa shape index (κ3) is 3.86. The summed E-state index contributed by atoms with van der Waals surface area (Å²) in [5.74, 6) is 1.78. The van der Waals surface area contributed by atoms with Gasteiger partial charge in [0.05, 0.1) is 0 Å². The summed E-state index contributed by atoms with van der Waals surface area (Å²) in [6.07, 6.45) is 0. The summed E-state index contributed by atoms with van der Waals surface area (Å²) in [7, 11) is 0. The first-order chi connectivity index (χ1) is 11.6. The van der Waals surface area contributed by atoms with E-state index in [2.05, 4.69) is 36.6 Å². The Balaban J connectivity index is 1.58. The third-order valence-electron chi connectivity index (χ3n) is 4.12. The van der Waals surface area contributed by atoms with E-state index in [9.17, 15) is 4.79 Å². The second-order valence-corrected chi connectivity index (χ2v) is 6.24. The lowest BCUT2D eigenvalue weighted by atomic mass is 9.96. The fourth-order valence-electron chi connectivity index (χ4n) is 2.89. The van der Waals surface area contributed by atoms with Crippen molar-refractivity contribution in [2.45, 2.75) is 19.9 Å². The van der Waals surface area contributed by atoms with Gasteiger partial charge in [-0.1, -0.05) is 44.2 Å². The molecule has 0 aliphatic carbocycles. The number of rotatable bonds is 6. The Hall–Kier alpha value is -2.53. The van der Waals surface area contributed by atoms with E-state index in [1.807, 2.05) is 30.3 Å². The van der Waals surface area contributed by atoms with E-state index in [4.69, 9.17) is 9.47 Å². The summed E-state index contributed by atoms with van der Waals surface area (Å²) in [6.45, 7) is 4.94. The Labute approximate surface area is 142 Å². The summed E-state index contributed by atoms with van der Waals surface area (Å²) in [6, 6.07) is 16.0. The molecule has 1 heterocycles. The zero-order valence-electron chi connectivity index (χ0n) is 14.0. The van der Waals surface area contributed by atoms with E-state index in [0.717, 1.165) is 5.69 Å². The molecule has 3 rings (SSSR count). The summed E-state index contributed by atoms with van der Waals surface area (Å²) in [5, 5.41) is 5.00. The molecule has 2 aromatic carbocycles. The van der Waals surface area contributed by atoms with Crippen LogP contribution in [0.4, 0.5) is 5.69 Å². The van der Waals surface area contributed by atoms with Crippen LogP contribution in [-0.2, 0) is 4.79 Å². The zero-order chi connectivity index (χ0) is 16.9. The number of ether oxygens (including phenoxy) is 2. The van der Waals surface area contributed by atoms with Crippen LogP contribution in [0.3, 0.4) is 0 Å². The van der Waals surface area contributed by atoms with E-state index in [-0.39, 0.29) is 18.7 Å². The molecule has 126 valence electrons. The highest BCUT2D eigenvalue weighted by atomic mass is 16.7. The van der Waals surface area contributed by atoms with Crippen LogP contribution in [0.25, 0.3) is 0 Å². The molecule has 0 saturated carbocycles. The van der Waals surface area contributed by atoms with Gasteiger partial charge in [0.25, 0.3) is 5.91 Å². The van der Waals surface area contributed by atoms with Crippen LogP contribution in [0, 0.1) is 5.92 Å². The molecule has 1 aliphatic heterocycles. The average molecular weight is 327 g/mol. The highest BCUT2D eigenvalue weighted by Gasteiger charge is 2.20. The fraction of sp³-hybridized carbons (Fsp3) is 0.316. The first-order valence-electron chi connectivity index (χ1n) is 8.21. The maximum atomic E-state index is 12.3. The lowest BCUT2D eigenvalue weighted by Gasteiger charge is -2.19. The predicted molar refractivity (Wildman–Crippen MR) is 92.0 cm³/mol. The van der Waals surface area contributed by atoms with Crippen molar-refractivity contribution in [3.8, 4) is 11.5 Å². The van der Waals surface area contributed by atoms with E-state index in [0.29, 0.717) is 24.0 Å². The Morgan fingerprint density at radius 3 is 2.62 bits per heavy atom. The number of benzene rings is 2. The Morgan fingerprint density at radius 1 is 1.12 bits per heavy atom. The van der Waals surface area contributed by atoms with Gasteiger partial charge in [0.15, 0.2) is 18.0 Å². The number of nitrogens with two attached hydrogens (primary N) is 1. The van der Waals surface area contributed by atoms with Gasteiger partial charge in [-0.2, -0.15) is 0 Å². The molecule has 3 N–H and O–H groups in total. The topological polar surface area (TPSA) is 64.2 Å². The quantitative estimate of drug-likeness (QED) is 0.856. The first-order valence-corrected chi connectivity index (χ1v) is 8.21. The Morgan fingerprint density at radius 2 is 1.88 bits per heavy atom. The molecule has 0 radical (unpaired) electrons. The molecule has 0 aromatic heterocycles. The molecule has 1 atom stereocenters. The van der Waals surface area contributed by atoms with Crippen LogP contribution >= 0.6 is 0 Å². The molecular formula is C19H23N2O3+. The van der Waals surface area contributed by atoms with E-state index in [1.54, 1.807) is 6.07 Å². The monoisotopic (exact) mass is 327 g/mol. The van der Waals surface area contributed by atoms with Crippen molar-refractivity contribution in [2.75, 3.05) is 18.7 Å². The standard InChI is InChI=1S/C19H22N2O3/c1-13(2)19(14-6-4-3-5-7-14)20-11-18(22)21-15-8-9-16-17(10-15)24-12-23-16/h3-10,13,19-20H,11-12H2,1-2H3,(H,21,22)/p+1/t19-/m0/s1. The molecule has 2 aromatic rings. The molecule has 0 spiro atoms. The van der Waals surface area contributed by atoms with Crippen molar-refractivity contribution in [3.63, 3.8) is 0 Å². The molecule has 0 fully saturated rings. The van der Waals surface area contributed by atoms with Crippen molar-refractivity contribution < 1.29 is 19.6 Å². The first kappa shape index (κ1) is 16.3. The van der Waals surface area contributed by atoms with Crippen molar-refractivity contribution >= 4 is 11.6 Å². The van der Waals surface area contributed by atoms with Gasteiger partial charge in [0, 0.05) is 23.2 Å². The summed E-state index contributed by atoms with van der Waals surface area (Å²) in [4.78, 5) is 12.3. The molecular weight excluding hydrogens is 304 g/mol. The van der Waals surface area contributed by atoms with Gasteiger partial charge in [-0.25, -0.2) is 0 Å².